The number of esters is 6. The minimum absolute atomic E-state index is 0.0154. The van der Waals surface area contributed by atoms with E-state index in [2.05, 4.69) is 19.7 Å². The number of likely N-dealkylation sites (tertiary alicyclic amines) is 2. The predicted molar refractivity (Wildman–Crippen MR) is 319 cm³/mol. The SMILES string of the molecule is C=C(C)C(=O)OCC(O)COC(C)CC(O)CC(CC)OC(C)=O.C=C(C)C(=O)OCC1CO1.C=CN1CCCC1=O.CCC(CC(C)O)OC(C)=O.CCC(CC(O)CC(C)OCC(O)COC(=O)C(C)CC(CC)N1CCCC1=O)OC(C)=O. The zero-order valence-electron chi connectivity index (χ0n) is 53.8. The predicted octanol–water partition coefficient (Wildman–Crippen LogP) is 5.92. The average molecular weight is 1230 g/mol. The number of carbonyl (C=O) groups is 8. The van der Waals surface area contributed by atoms with E-state index in [4.69, 9.17) is 47.7 Å². The van der Waals surface area contributed by atoms with Crippen LogP contribution in [0.1, 0.15) is 180 Å². The number of amides is 2. The Labute approximate surface area is 511 Å². The zero-order chi connectivity index (χ0) is 66.1. The highest BCUT2D eigenvalue weighted by Gasteiger charge is 2.31. The Balaban J connectivity index is 0. The van der Waals surface area contributed by atoms with Gasteiger partial charge in [0, 0.05) is 83.2 Å². The van der Waals surface area contributed by atoms with Crippen LogP contribution in [-0.2, 0) is 81.0 Å². The summed E-state index contributed by atoms with van der Waals surface area (Å²) in [4.78, 5) is 92.9. The van der Waals surface area contributed by atoms with Crippen molar-refractivity contribution in [1.82, 2.24) is 9.80 Å². The van der Waals surface area contributed by atoms with Crippen molar-refractivity contribution in [1.29, 1.82) is 0 Å². The molecule has 3 saturated heterocycles. The lowest BCUT2D eigenvalue weighted by Gasteiger charge is -2.28. The summed E-state index contributed by atoms with van der Waals surface area (Å²) in [5.41, 5.74) is 0.693. The molecule has 2 amide bonds. The molecule has 13 atom stereocenters. The molecule has 0 aliphatic carbocycles. The largest absolute Gasteiger partial charge is 0.463 e. The van der Waals surface area contributed by atoms with Crippen LogP contribution in [0.4, 0.5) is 0 Å². The second kappa shape index (κ2) is 47.7. The summed E-state index contributed by atoms with van der Waals surface area (Å²) in [6.45, 7) is 34.6. The fourth-order valence-corrected chi connectivity index (χ4v) is 8.34. The monoisotopic (exact) mass is 1230 g/mol. The van der Waals surface area contributed by atoms with Gasteiger partial charge in [0.1, 0.15) is 56.4 Å². The lowest BCUT2D eigenvalue weighted by molar-refractivity contribution is -0.154. The highest BCUT2D eigenvalue weighted by atomic mass is 16.6. The van der Waals surface area contributed by atoms with Gasteiger partial charge in [-0.05, 0) is 98.6 Å². The normalized spacial score (nSPS) is 18.3. The van der Waals surface area contributed by atoms with E-state index < -0.39 is 42.5 Å². The first-order valence-electron chi connectivity index (χ1n) is 30.1. The smallest absolute Gasteiger partial charge is 0.333 e. The molecule has 0 radical (unpaired) electrons. The molecule has 3 heterocycles. The highest BCUT2D eigenvalue weighted by molar-refractivity contribution is 5.87. The van der Waals surface area contributed by atoms with Crippen molar-refractivity contribution in [2.45, 2.75) is 253 Å². The molecule has 498 valence electrons. The van der Waals surface area contributed by atoms with Crippen LogP contribution in [-0.4, -0.2) is 209 Å². The molecule has 24 heteroatoms. The first-order chi connectivity index (χ1) is 40.3. The van der Waals surface area contributed by atoms with Gasteiger partial charge in [0.2, 0.25) is 11.8 Å². The maximum Gasteiger partial charge on any atom is 0.333 e. The Bertz CT molecular complexity index is 2010. The van der Waals surface area contributed by atoms with Crippen molar-refractivity contribution in [3.8, 4) is 0 Å². The number of epoxide rings is 1. The fraction of sp³-hybridized carbons (Fsp3) is 0.774. The number of nitrogens with zero attached hydrogens (tertiary/aromatic N) is 2. The van der Waals surface area contributed by atoms with Crippen LogP contribution >= 0.6 is 0 Å². The second-order valence-corrected chi connectivity index (χ2v) is 22.0. The Morgan fingerprint density at radius 3 is 1.33 bits per heavy atom. The van der Waals surface area contributed by atoms with Gasteiger partial charge < -0.3 is 78.0 Å². The summed E-state index contributed by atoms with van der Waals surface area (Å²) in [6, 6.07) is 0.0243. The van der Waals surface area contributed by atoms with Gasteiger partial charge in [0.05, 0.1) is 56.3 Å². The molecule has 3 rings (SSSR count). The van der Waals surface area contributed by atoms with Crippen molar-refractivity contribution in [2.75, 3.05) is 52.7 Å². The topological polar surface area (TPSA) is 331 Å². The van der Waals surface area contributed by atoms with Gasteiger partial charge in [-0.25, -0.2) is 9.59 Å². The van der Waals surface area contributed by atoms with Crippen LogP contribution in [0.3, 0.4) is 0 Å². The summed E-state index contributed by atoms with van der Waals surface area (Å²) < 4.78 is 45.8. The molecule has 0 spiro atoms. The molecule has 3 fully saturated rings. The Morgan fingerprint density at radius 2 is 0.988 bits per heavy atom. The number of rotatable bonds is 36. The van der Waals surface area contributed by atoms with E-state index in [1.165, 1.54) is 27.7 Å². The minimum atomic E-state index is -0.979. The van der Waals surface area contributed by atoms with E-state index in [1.54, 1.807) is 45.7 Å². The maximum atomic E-state index is 12.3. The fourth-order valence-electron chi connectivity index (χ4n) is 8.34. The number of aliphatic hydroxyl groups excluding tert-OH is 5. The van der Waals surface area contributed by atoms with Gasteiger partial charge in [0.15, 0.2) is 0 Å². The summed E-state index contributed by atoms with van der Waals surface area (Å²) in [6.07, 6.45) is 4.89. The Kier molecular flexibility index (Phi) is 45.9. The van der Waals surface area contributed by atoms with Gasteiger partial charge in [-0.2, -0.15) is 0 Å². The molecule has 3 aliphatic heterocycles. The lowest BCUT2D eigenvalue weighted by Crippen LogP contribution is -2.38. The van der Waals surface area contributed by atoms with Crippen molar-refractivity contribution in [2.24, 2.45) is 5.92 Å². The molecular formula is C62H108N2O22. The molecule has 0 saturated carbocycles. The number of ether oxygens (including phenoxy) is 9. The van der Waals surface area contributed by atoms with Gasteiger partial charge >= 0.3 is 35.8 Å². The average Bonchev–Trinajstić information content (AvgIpc) is 4.13. The summed E-state index contributed by atoms with van der Waals surface area (Å²) in [7, 11) is 0. The van der Waals surface area contributed by atoms with Gasteiger partial charge in [-0.15, -0.1) is 0 Å². The molecule has 24 nitrogen and oxygen atoms in total. The van der Waals surface area contributed by atoms with Crippen LogP contribution in [0.5, 0.6) is 0 Å². The molecule has 0 aromatic rings. The van der Waals surface area contributed by atoms with Crippen molar-refractivity contribution in [3.63, 3.8) is 0 Å². The van der Waals surface area contributed by atoms with Gasteiger partial charge in [0.25, 0.3) is 0 Å². The molecular weight excluding hydrogens is 1120 g/mol. The summed E-state index contributed by atoms with van der Waals surface area (Å²) in [5.74, 6) is -2.36. The molecule has 5 N–H and O–H groups in total. The number of carbonyl (C=O) groups excluding carboxylic acids is 8. The van der Waals surface area contributed by atoms with Crippen LogP contribution in [0.15, 0.2) is 37.1 Å². The van der Waals surface area contributed by atoms with Crippen LogP contribution in [0.25, 0.3) is 0 Å². The third kappa shape index (κ3) is 43.3. The van der Waals surface area contributed by atoms with Crippen molar-refractivity contribution >= 4 is 47.6 Å². The Morgan fingerprint density at radius 1 is 0.570 bits per heavy atom. The van der Waals surface area contributed by atoms with Crippen LogP contribution in [0, 0.1) is 5.92 Å². The first kappa shape index (κ1) is 82.7. The van der Waals surface area contributed by atoms with E-state index >= 15 is 0 Å². The molecule has 0 aromatic heterocycles. The summed E-state index contributed by atoms with van der Waals surface area (Å²) >= 11 is 0. The van der Waals surface area contributed by atoms with Crippen molar-refractivity contribution in [3.05, 3.63) is 37.1 Å². The third-order valence-electron chi connectivity index (χ3n) is 13.1. The van der Waals surface area contributed by atoms with Gasteiger partial charge in [-0.1, -0.05) is 54.4 Å². The first-order valence-corrected chi connectivity index (χ1v) is 30.1. The Hall–Kier alpha value is -5.34. The van der Waals surface area contributed by atoms with Crippen LogP contribution < -0.4 is 0 Å². The number of hydrogen-bond acceptors (Lipinski definition) is 22. The van der Waals surface area contributed by atoms with Crippen molar-refractivity contribution < 1.29 is 107 Å². The quantitative estimate of drug-likeness (QED) is 0.0210. The van der Waals surface area contributed by atoms with E-state index in [9.17, 15) is 58.8 Å². The van der Waals surface area contributed by atoms with E-state index in [0.29, 0.717) is 83.0 Å². The zero-order valence-corrected chi connectivity index (χ0v) is 53.8. The standard InChI is InChI=1S/C24H43NO8.C17H30O7.C8H16O3.C7H10O3.C6H9NO/c1-6-19(25-10-8-9-23(25)29)11-16(3)24(30)32-15-21(28)14-31-17(4)12-20(27)13-22(7-2)33-18(5)26;1-6-16(24-13(5)18)8-14(19)7-12(4)22-9-15(20)10-23-17(21)11(2)3;1-4-8(5-6(2)9)11-7(3)10;1-5(2)7(8)10-4-6-3-9-6;1-2-7-5-3-4-6(7)8/h16-17,19-22,27-28H,6-15H2,1-5H3;12,14-16,19-20H,2,6-10H2,1,3-5H3;6,8-9H,4-5H2,1-3H3;6H,1,3-4H2,2H3;2H,1,3-5H2. The molecule has 86 heavy (non-hydrogen) atoms. The molecule has 0 bridgehead atoms. The van der Waals surface area contributed by atoms with Crippen LogP contribution in [0.2, 0.25) is 0 Å². The number of hydrogen-bond donors (Lipinski definition) is 5. The van der Waals surface area contributed by atoms with E-state index in [0.717, 1.165) is 38.8 Å². The minimum Gasteiger partial charge on any atom is -0.463 e. The maximum absolute atomic E-state index is 12.3. The van der Waals surface area contributed by atoms with Gasteiger partial charge in [-0.3, -0.25) is 28.8 Å². The van der Waals surface area contributed by atoms with E-state index in [1.807, 2.05) is 32.6 Å². The molecule has 3 aliphatic rings. The lowest BCUT2D eigenvalue weighted by atomic mass is 9.99. The molecule has 13 unspecified atom stereocenters. The third-order valence-corrected chi connectivity index (χ3v) is 13.1. The highest BCUT2D eigenvalue weighted by Crippen LogP contribution is 2.23. The summed E-state index contributed by atoms with van der Waals surface area (Å²) in [5, 5.41) is 49.0. The second-order valence-electron chi connectivity index (χ2n) is 22.0. The number of aliphatic hydroxyl groups is 5. The van der Waals surface area contributed by atoms with E-state index in [-0.39, 0.29) is 116 Å². The molecule has 0 aromatic carbocycles.